The van der Waals surface area contributed by atoms with Gasteiger partial charge in [-0.25, -0.2) is 0 Å². The zero-order valence-corrected chi connectivity index (χ0v) is 6.69. The Hall–Kier alpha value is -1.46. The van der Waals surface area contributed by atoms with Gasteiger partial charge in [-0.05, 0) is 18.2 Å². The second-order valence-corrected chi connectivity index (χ2v) is 2.14. The molecule has 0 aliphatic carbocycles. The summed E-state index contributed by atoms with van der Waals surface area (Å²) < 4.78 is 10.1. The number of furan rings is 1. The summed E-state index contributed by atoms with van der Waals surface area (Å²) in [5, 5.41) is 0. The van der Waals surface area contributed by atoms with Crippen molar-refractivity contribution in [3.63, 3.8) is 0 Å². The van der Waals surface area contributed by atoms with Crippen molar-refractivity contribution in [2.45, 2.75) is 0 Å². The highest BCUT2D eigenvalue weighted by atomic mass is 16.5. The van der Waals surface area contributed by atoms with Gasteiger partial charge in [-0.2, -0.15) is 0 Å². The summed E-state index contributed by atoms with van der Waals surface area (Å²) in [6.07, 6.45) is 10.3. The highest BCUT2D eigenvalue weighted by Crippen LogP contribution is 2.01. The van der Waals surface area contributed by atoms with Crippen LogP contribution >= 0.6 is 0 Å². The zero-order valence-electron chi connectivity index (χ0n) is 6.69. The van der Waals surface area contributed by atoms with Gasteiger partial charge in [-0.1, -0.05) is 12.0 Å². The molecule has 1 aromatic heterocycles. The molecular formula is C10H10O2. The smallest absolute Gasteiger partial charge is 0.126 e. The lowest BCUT2D eigenvalue weighted by molar-refractivity contribution is 0.200. The molecule has 62 valence electrons. The summed E-state index contributed by atoms with van der Waals surface area (Å²) in [5.74, 6) is 3.20. The maximum Gasteiger partial charge on any atom is 0.126 e. The topological polar surface area (TPSA) is 22.4 Å². The zero-order chi connectivity index (χ0) is 8.65. The molecule has 1 rings (SSSR count). The highest BCUT2D eigenvalue weighted by molar-refractivity contribution is 5.41. The summed E-state index contributed by atoms with van der Waals surface area (Å²) in [7, 11) is 0. The van der Waals surface area contributed by atoms with E-state index in [1.807, 2.05) is 24.3 Å². The standard InChI is InChI=1S/C10H10O2/c1-2-7-11-8-3-5-10-6-4-9-12-10/h1,3-6,9H,7-8H2. The average molecular weight is 162 g/mol. The van der Waals surface area contributed by atoms with E-state index in [2.05, 4.69) is 5.92 Å². The maximum atomic E-state index is 5.06. The lowest BCUT2D eigenvalue weighted by atomic mass is 10.4. The van der Waals surface area contributed by atoms with Crippen LogP contribution in [0.3, 0.4) is 0 Å². The Balaban J connectivity index is 2.20. The first-order chi connectivity index (χ1) is 5.93. The fraction of sp³-hybridized carbons (Fsp3) is 0.200. The molecule has 0 atom stereocenters. The van der Waals surface area contributed by atoms with Gasteiger partial charge in [0, 0.05) is 0 Å². The average Bonchev–Trinajstić information content (AvgIpc) is 2.57. The van der Waals surface area contributed by atoms with Crippen molar-refractivity contribution >= 4 is 6.08 Å². The van der Waals surface area contributed by atoms with Crippen LogP contribution in [0.1, 0.15) is 5.76 Å². The van der Waals surface area contributed by atoms with Crippen molar-refractivity contribution in [1.29, 1.82) is 0 Å². The van der Waals surface area contributed by atoms with Crippen LogP contribution in [0.15, 0.2) is 28.9 Å². The second kappa shape index (κ2) is 5.22. The number of rotatable bonds is 4. The minimum Gasteiger partial charge on any atom is -0.465 e. The van der Waals surface area contributed by atoms with Gasteiger partial charge in [0.05, 0.1) is 12.9 Å². The molecule has 1 aromatic rings. The predicted molar refractivity (Wildman–Crippen MR) is 47.4 cm³/mol. The normalized spacial score (nSPS) is 10.2. The SMILES string of the molecule is C#CCOCC=Cc1ccco1. The van der Waals surface area contributed by atoms with Crippen LogP contribution in [0.25, 0.3) is 6.08 Å². The fourth-order valence-corrected chi connectivity index (χ4v) is 0.736. The molecule has 1 heterocycles. The first-order valence-corrected chi connectivity index (χ1v) is 3.65. The molecule has 0 N–H and O–H groups in total. The van der Waals surface area contributed by atoms with Crippen LogP contribution < -0.4 is 0 Å². The van der Waals surface area contributed by atoms with E-state index >= 15 is 0 Å². The van der Waals surface area contributed by atoms with Crippen molar-refractivity contribution in [2.75, 3.05) is 13.2 Å². The molecule has 0 bridgehead atoms. The number of ether oxygens (including phenoxy) is 1. The van der Waals surface area contributed by atoms with Crippen LogP contribution in [0, 0.1) is 12.3 Å². The van der Waals surface area contributed by atoms with Gasteiger partial charge in [0.1, 0.15) is 12.4 Å². The van der Waals surface area contributed by atoms with E-state index in [0.29, 0.717) is 13.2 Å². The maximum absolute atomic E-state index is 5.06. The Kier molecular flexibility index (Phi) is 3.76. The number of hydrogen-bond donors (Lipinski definition) is 0. The molecule has 0 aromatic carbocycles. The third-order valence-electron chi connectivity index (χ3n) is 1.22. The molecule has 0 unspecified atom stereocenters. The summed E-state index contributed by atoms with van der Waals surface area (Å²) in [5.41, 5.74) is 0. The molecule has 0 aliphatic rings. The van der Waals surface area contributed by atoms with Gasteiger partial charge < -0.3 is 9.15 Å². The van der Waals surface area contributed by atoms with Crippen molar-refractivity contribution < 1.29 is 9.15 Å². The lowest BCUT2D eigenvalue weighted by Crippen LogP contribution is -1.89. The minimum atomic E-state index is 0.350. The van der Waals surface area contributed by atoms with Gasteiger partial charge in [0.25, 0.3) is 0 Å². The molecule has 0 fully saturated rings. The van der Waals surface area contributed by atoms with Crippen LogP contribution in [0.2, 0.25) is 0 Å². The van der Waals surface area contributed by atoms with E-state index < -0.39 is 0 Å². The van der Waals surface area contributed by atoms with Crippen molar-refractivity contribution in [1.82, 2.24) is 0 Å². The molecule has 2 heteroatoms. The van der Waals surface area contributed by atoms with Crippen molar-refractivity contribution in [3.05, 3.63) is 30.2 Å². The highest BCUT2D eigenvalue weighted by Gasteiger charge is 1.85. The molecule has 0 saturated carbocycles. The predicted octanol–water partition coefficient (Wildman–Crippen LogP) is 1.94. The third kappa shape index (κ3) is 3.09. The summed E-state index contributed by atoms with van der Waals surface area (Å²) >= 11 is 0. The number of terminal acetylenes is 1. The molecule has 0 saturated heterocycles. The fourth-order valence-electron chi connectivity index (χ4n) is 0.736. The molecule has 0 radical (unpaired) electrons. The first-order valence-electron chi connectivity index (χ1n) is 3.65. The monoisotopic (exact) mass is 162 g/mol. The van der Waals surface area contributed by atoms with Crippen LogP contribution in [0.5, 0.6) is 0 Å². The Bertz CT molecular complexity index is 265. The molecule has 12 heavy (non-hydrogen) atoms. The van der Waals surface area contributed by atoms with Gasteiger partial charge in [0.15, 0.2) is 0 Å². The van der Waals surface area contributed by atoms with Crippen LogP contribution in [-0.4, -0.2) is 13.2 Å². The molecule has 0 aliphatic heterocycles. The van der Waals surface area contributed by atoms with Gasteiger partial charge in [0.2, 0.25) is 0 Å². The van der Waals surface area contributed by atoms with Crippen molar-refractivity contribution in [3.8, 4) is 12.3 Å². The Morgan fingerprint density at radius 2 is 2.58 bits per heavy atom. The van der Waals surface area contributed by atoms with E-state index in [-0.39, 0.29) is 0 Å². The van der Waals surface area contributed by atoms with Gasteiger partial charge in [-0.3, -0.25) is 0 Å². The molecule has 2 nitrogen and oxygen atoms in total. The van der Waals surface area contributed by atoms with E-state index in [1.165, 1.54) is 0 Å². The van der Waals surface area contributed by atoms with Gasteiger partial charge >= 0.3 is 0 Å². The summed E-state index contributed by atoms with van der Waals surface area (Å²) in [4.78, 5) is 0. The molecule has 0 amide bonds. The van der Waals surface area contributed by atoms with E-state index in [9.17, 15) is 0 Å². The van der Waals surface area contributed by atoms with E-state index in [4.69, 9.17) is 15.6 Å². The minimum absolute atomic E-state index is 0.350. The van der Waals surface area contributed by atoms with Crippen molar-refractivity contribution in [2.24, 2.45) is 0 Å². The Morgan fingerprint density at radius 3 is 3.25 bits per heavy atom. The van der Waals surface area contributed by atoms with Crippen LogP contribution in [0.4, 0.5) is 0 Å². The Labute approximate surface area is 71.8 Å². The van der Waals surface area contributed by atoms with Crippen LogP contribution in [-0.2, 0) is 4.74 Å². The Morgan fingerprint density at radius 1 is 1.67 bits per heavy atom. The molecular weight excluding hydrogens is 152 g/mol. The first kappa shape index (κ1) is 8.63. The van der Waals surface area contributed by atoms with E-state index in [1.54, 1.807) is 6.26 Å². The quantitative estimate of drug-likeness (QED) is 0.498. The van der Waals surface area contributed by atoms with Gasteiger partial charge in [-0.15, -0.1) is 6.42 Å². The second-order valence-electron chi connectivity index (χ2n) is 2.14. The molecule has 0 spiro atoms. The van der Waals surface area contributed by atoms with E-state index in [0.717, 1.165) is 5.76 Å². The third-order valence-corrected chi connectivity index (χ3v) is 1.22. The summed E-state index contributed by atoms with van der Waals surface area (Å²) in [6, 6.07) is 3.71. The lowest BCUT2D eigenvalue weighted by Gasteiger charge is -1.90. The largest absolute Gasteiger partial charge is 0.465 e. The summed E-state index contributed by atoms with van der Waals surface area (Å²) in [6.45, 7) is 0.868. The number of hydrogen-bond acceptors (Lipinski definition) is 2.